The first-order chi connectivity index (χ1) is 13.8. The van der Waals surface area contributed by atoms with Crippen molar-refractivity contribution in [3.8, 4) is 11.3 Å². The van der Waals surface area contributed by atoms with Gasteiger partial charge in [0.05, 0.1) is 10.6 Å². The Labute approximate surface area is 173 Å². The zero-order chi connectivity index (χ0) is 20.6. The lowest BCUT2D eigenvalue weighted by molar-refractivity contribution is 0.102. The fourth-order valence-electron chi connectivity index (χ4n) is 3.54. The zero-order valence-electron chi connectivity index (χ0n) is 15.9. The molecule has 3 N–H and O–H groups in total. The van der Waals surface area contributed by atoms with E-state index in [1.165, 1.54) is 47.4 Å². The topological polar surface area (TPSA) is 102 Å². The SMILES string of the molecule is Cc1ccc(S(N)(=O)=O)cc1C(=O)Nc1nc(-c2ccc3c(c2)CCCC3)cs1. The number of hydrogen-bond acceptors (Lipinski definition) is 5. The van der Waals surface area contributed by atoms with E-state index >= 15 is 0 Å². The number of rotatable bonds is 4. The molecule has 8 heteroatoms. The highest BCUT2D eigenvalue weighted by molar-refractivity contribution is 7.89. The van der Waals surface area contributed by atoms with Gasteiger partial charge in [-0.3, -0.25) is 10.1 Å². The number of hydrogen-bond donors (Lipinski definition) is 2. The summed E-state index contributed by atoms with van der Waals surface area (Å²) in [5.41, 5.74) is 5.55. The van der Waals surface area contributed by atoms with Gasteiger partial charge in [0.15, 0.2) is 5.13 Å². The van der Waals surface area contributed by atoms with Gasteiger partial charge >= 0.3 is 0 Å². The molecular weight excluding hydrogens is 406 g/mol. The third-order valence-electron chi connectivity index (χ3n) is 5.15. The fourth-order valence-corrected chi connectivity index (χ4v) is 4.80. The number of nitrogens with one attached hydrogen (secondary N) is 1. The number of sulfonamides is 1. The molecule has 0 saturated heterocycles. The van der Waals surface area contributed by atoms with Gasteiger partial charge in [-0.2, -0.15) is 0 Å². The number of anilines is 1. The van der Waals surface area contributed by atoms with E-state index in [1.54, 1.807) is 13.0 Å². The second-order valence-electron chi connectivity index (χ2n) is 7.20. The van der Waals surface area contributed by atoms with E-state index in [0.29, 0.717) is 10.7 Å². The molecular formula is C21H21N3O3S2. The average Bonchev–Trinajstić information content (AvgIpc) is 3.15. The molecule has 2 aromatic carbocycles. The maximum atomic E-state index is 12.7. The molecule has 0 bridgehead atoms. The minimum Gasteiger partial charge on any atom is -0.298 e. The molecule has 4 rings (SSSR count). The van der Waals surface area contributed by atoms with Crippen LogP contribution in [0.15, 0.2) is 46.7 Å². The molecule has 0 radical (unpaired) electrons. The number of carbonyl (C=O) groups excluding carboxylic acids is 1. The van der Waals surface area contributed by atoms with Crippen molar-refractivity contribution in [3.05, 3.63) is 64.0 Å². The van der Waals surface area contributed by atoms with Gasteiger partial charge in [0.1, 0.15) is 0 Å². The number of thiazole rings is 1. The van der Waals surface area contributed by atoms with Gasteiger partial charge in [-0.05, 0) is 67.5 Å². The first-order valence-corrected chi connectivity index (χ1v) is 11.8. The minimum absolute atomic E-state index is 0.0952. The molecule has 1 aliphatic carbocycles. The van der Waals surface area contributed by atoms with Crippen LogP contribution in [0.3, 0.4) is 0 Å². The van der Waals surface area contributed by atoms with Crippen LogP contribution in [-0.2, 0) is 22.9 Å². The highest BCUT2D eigenvalue weighted by Crippen LogP contribution is 2.30. The first-order valence-electron chi connectivity index (χ1n) is 9.34. The van der Waals surface area contributed by atoms with Crippen LogP contribution in [-0.4, -0.2) is 19.3 Å². The minimum atomic E-state index is -3.88. The van der Waals surface area contributed by atoms with Gasteiger partial charge in [0, 0.05) is 16.5 Å². The van der Waals surface area contributed by atoms with Crippen LogP contribution in [0, 0.1) is 6.92 Å². The number of nitrogens with zero attached hydrogens (tertiary/aromatic N) is 1. The Bertz CT molecular complexity index is 1200. The smallest absolute Gasteiger partial charge is 0.257 e. The molecule has 1 heterocycles. The van der Waals surface area contributed by atoms with Gasteiger partial charge < -0.3 is 0 Å². The summed E-state index contributed by atoms with van der Waals surface area (Å²) in [6.07, 6.45) is 4.68. The molecule has 0 atom stereocenters. The van der Waals surface area contributed by atoms with Crippen LogP contribution in [0.4, 0.5) is 5.13 Å². The third kappa shape index (κ3) is 4.24. The monoisotopic (exact) mass is 427 g/mol. The van der Waals surface area contributed by atoms with Crippen LogP contribution in [0.1, 0.15) is 39.9 Å². The van der Waals surface area contributed by atoms with Crippen molar-refractivity contribution < 1.29 is 13.2 Å². The maximum Gasteiger partial charge on any atom is 0.257 e. The number of fused-ring (bicyclic) bond motifs is 1. The molecule has 29 heavy (non-hydrogen) atoms. The van der Waals surface area contributed by atoms with Gasteiger partial charge in [-0.1, -0.05) is 18.2 Å². The van der Waals surface area contributed by atoms with E-state index in [9.17, 15) is 13.2 Å². The van der Waals surface area contributed by atoms with Crippen molar-refractivity contribution >= 4 is 32.4 Å². The Morgan fingerprint density at radius 3 is 2.62 bits per heavy atom. The molecule has 0 unspecified atom stereocenters. The van der Waals surface area contributed by atoms with Crippen LogP contribution in [0.5, 0.6) is 0 Å². The van der Waals surface area contributed by atoms with Crippen molar-refractivity contribution in [1.29, 1.82) is 0 Å². The summed E-state index contributed by atoms with van der Waals surface area (Å²) in [5.74, 6) is -0.417. The van der Waals surface area contributed by atoms with Gasteiger partial charge in [0.25, 0.3) is 5.91 Å². The van der Waals surface area contributed by atoms with Crippen molar-refractivity contribution in [1.82, 2.24) is 4.98 Å². The first kappa shape index (κ1) is 19.8. The van der Waals surface area contributed by atoms with E-state index in [0.717, 1.165) is 24.1 Å². The van der Waals surface area contributed by atoms with E-state index in [-0.39, 0.29) is 10.5 Å². The van der Waals surface area contributed by atoms with Crippen molar-refractivity contribution in [3.63, 3.8) is 0 Å². The van der Waals surface area contributed by atoms with Crippen LogP contribution in [0.2, 0.25) is 0 Å². The van der Waals surface area contributed by atoms with Crippen molar-refractivity contribution in [2.75, 3.05) is 5.32 Å². The maximum absolute atomic E-state index is 12.7. The average molecular weight is 428 g/mol. The fraction of sp³-hybridized carbons (Fsp3) is 0.238. The third-order valence-corrected chi connectivity index (χ3v) is 6.82. The summed E-state index contributed by atoms with van der Waals surface area (Å²) in [4.78, 5) is 17.1. The van der Waals surface area contributed by atoms with Gasteiger partial charge in [-0.25, -0.2) is 18.5 Å². The Kier molecular flexibility index (Phi) is 5.24. The summed E-state index contributed by atoms with van der Waals surface area (Å²) in [7, 11) is -3.88. The molecule has 3 aromatic rings. The lowest BCUT2D eigenvalue weighted by atomic mass is 9.90. The molecule has 150 valence electrons. The second kappa shape index (κ2) is 7.70. The summed E-state index contributed by atoms with van der Waals surface area (Å²) in [6, 6.07) is 10.7. The normalized spacial score (nSPS) is 13.7. The van der Waals surface area contributed by atoms with Crippen LogP contribution < -0.4 is 10.5 Å². The Morgan fingerprint density at radius 1 is 1.10 bits per heavy atom. The number of benzene rings is 2. The van der Waals surface area contributed by atoms with Crippen molar-refractivity contribution in [2.24, 2.45) is 5.14 Å². The molecule has 1 amide bonds. The van der Waals surface area contributed by atoms with E-state index in [2.05, 4.69) is 28.5 Å². The Hall–Kier alpha value is -2.55. The zero-order valence-corrected chi connectivity index (χ0v) is 17.6. The van der Waals surface area contributed by atoms with Gasteiger partial charge in [-0.15, -0.1) is 11.3 Å². The van der Waals surface area contributed by atoms with E-state index in [4.69, 9.17) is 5.14 Å². The predicted molar refractivity (Wildman–Crippen MR) is 115 cm³/mol. The number of carbonyl (C=O) groups is 1. The molecule has 1 aliphatic rings. The highest BCUT2D eigenvalue weighted by Gasteiger charge is 2.17. The van der Waals surface area contributed by atoms with Crippen LogP contribution in [0.25, 0.3) is 11.3 Å². The van der Waals surface area contributed by atoms with Crippen molar-refractivity contribution in [2.45, 2.75) is 37.5 Å². The number of amides is 1. The summed E-state index contributed by atoms with van der Waals surface area (Å²) in [6.45, 7) is 1.74. The molecule has 0 fully saturated rings. The Balaban J connectivity index is 1.56. The lowest BCUT2D eigenvalue weighted by Gasteiger charge is -2.16. The number of primary sulfonamides is 1. The molecule has 0 aliphatic heterocycles. The molecule has 0 saturated carbocycles. The molecule has 0 spiro atoms. The predicted octanol–water partition coefficient (Wildman–Crippen LogP) is 3.90. The van der Waals surface area contributed by atoms with Gasteiger partial charge in [0.2, 0.25) is 10.0 Å². The largest absolute Gasteiger partial charge is 0.298 e. The highest BCUT2D eigenvalue weighted by atomic mass is 32.2. The van der Waals surface area contributed by atoms with E-state index in [1.807, 2.05) is 5.38 Å². The number of aromatic nitrogens is 1. The quantitative estimate of drug-likeness (QED) is 0.659. The summed E-state index contributed by atoms with van der Waals surface area (Å²) >= 11 is 1.33. The molecule has 1 aromatic heterocycles. The number of aryl methyl sites for hydroxylation is 3. The summed E-state index contributed by atoms with van der Waals surface area (Å²) in [5, 5.41) is 10.3. The lowest BCUT2D eigenvalue weighted by Crippen LogP contribution is -2.17. The van der Waals surface area contributed by atoms with E-state index < -0.39 is 15.9 Å². The standard InChI is InChI=1S/C21H21N3O3S2/c1-13-6-9-17(29(22,26)27)11-18(13)20(25)24-21-23-19(12-28-21)16-8-7-14-4-2-3-5-15(14)10-16/h6-12H,2-5H2,1H3,(H2,22,26,27)(H,23,24,25). The van der Waals surface area contributed by atoms with Crippen LogP contribution >= 0.6 is 11.3 Å². The molecule has 6 nitrogen and oxygen atoms in total. The Morgan fingerprint density at radius 2 is 1.86 bits per heavy atom. The number of nitrogens with two attached hydrogens (primary N) is 1. The summed E-state index contributed by atoms with van der Waals surface area (Å²) < 4.78 is 23.2. The second-order valence-corrected chi connectivity index (χ2v) is 9.62.